The van der Waals surface area contributed by atoms with Crippen LogP contribution in [-0.2, 0) is 6.54 Å². The third kappa shape index (κ3) is 1.95. The quantitative estimate of drug-likeness (QED) is 0.689. The Kier molecular flexibility index (Phi) is 2.91. The van der Waals surface area contributed by atoms with E-state index in [4.69, 9.17) is 0 Å². The van der Waals surface area contributed by atoms with Crippen molar-refractivity contribution in [3.05, 3.63) is 50.9 Å². The highest BCUT2D eigenvalue weighted by molar-refractivity contribution is 9.10. The first-order valence-electron chi connectivity index (χ1n) is 5.17. The minimum Gasteiger partial charge on any atom is -0.325 e. The molecule has 3 rings (SSSR count). The van der Waals surface area contributed by atoms with Crippen molar-refractivity contribution < 1.29 is 8.78 Å². The molecular weight excluding hydrogens is 322 g/mol. The summed E-state index contributed by atoms with van der Waals surface area (Å²) in [6.45, 7) is 0.583. The summed E-state index contributed by atoms with van der Waals surface area (Å²) in [4.78, 5) is 5.19. The summed E-state index contributed by atoms with van der Waals surface area (Å²) in [5, 5.41) is 1.97. The number of thiophene rings is 1. The van der Waals surface area contributed by atoms with Crippen LogP contribution in [-0.4, -0.2) is 9.55 Å². The smallest absolute Gasteiger partial charge is 0.161 e. The monoisotopic (exact) mass is 328 g/mol. The number of aromatic nitrogens is 2. The van der Waals surface area contributed by atoms with Crippen LogP contribution in [0.1, 0.15) is 4.88 Å². The summed E-state index contributed by atoms with van der Waals surface area (Å²) < 4.78 is 29.1. The van der Waals surface area contributed by atoms with Crippen molar-refractivity contribution in [3.63, 3.8) is 0 Å². The topological polar surface area (TPSA) is 17.8 Å². The van der Waals surface area contributed by atoms with Crippen molar-refractivity contribution in [3.8, 4) is 0 Å². The van der Waals surface area contributed by atoms with Gasteiger partial charge in [-0.1, -0.05) is 0 Å². The average molecular weight is 329 g/mol. The van der Waals surface area contributed by atoms with Gasteiger partial charge in [0.15, 0.2) is 11.6 Å². The lowest BCUT2D eigenvalue weighted by Gasteiger charge is -2.03. The van der Waals surface area contributed by atoms with Crippen LogP contribution < -0.4 is 0 Å². The molecule has 0 aliphatic carbocycles. The van der Waals surface area contributed by atoms with Crippen LogP contribution in [0.25, 0.3) is 11.0 Å². The summed E-state index contributed by atoms with van der Waals surface area (Å²) >= 11 is 5.05. The van der Waals surface area contributed by atoms with Gasteiger partial charge in [0.05, 0.1) is 23.9 Å². The lowest BCUT2D eigenvalue weighted by atomic mass is 10.3. The molecule has 1 aromatic carbocycles. The van der Waals surface area contributed by atoms with Gasteiger partial charge in [0.25, 0.3) is 0 Å². The summed E-state index contributed by atoms with van der Waals surface area (Å²) in [6, 6.07) is 4.25. The number of fused-ring (bicyclic) bond motifs is 1. The molecule has 3 aromatic rings. The van der Waals surface area contributed by atoms with Crippen molar-refractivity contribution in [2.75, 3.05) is 0 Å². The maximum Gasteiger partial charge on any atom is 0.161 e. The molecule has 0 unspecified atom stereocenters. The third-order valence-electron chi connectivity index (χ3n) is 2.67. The van der Waals surface area contributed by atoms with Gasteiger partial charge in [0.1, 0.15) is 0 Å². The zero-order valence-electron chi connectivity index (χ0n) is 9.03. The number of halogens is 3. The number of rotatable bonds is 2. The van der Waals surface area contributed by atoms with E-state index in [1.807, 2.05) is 11.4 Å². The number of benzene rings is 1. The van der Waals surface area contributed by atoms with E-state index in [0.717, 1.165) is 15.4 Å². The SMILES string of the molecule is Fc1cc2ncn(Cc3sccc3Br)c2cc1F. The summed E-state index contributed by atoms with van der Waals surface area (Å²) in [7, 11) is 0. The van der Waals surface area contributed by atoms with E-state index in [1.54, 1.807) is 22.2 Å². The highest BCUT2D eigenvalue weighted by Crippen LogP contribution is 2.25. The number of nitrogens with zero attached hydrogens (tertiary/aromatic N) is 2. The van der Waals surface area contributed by atoms with Crippen LogP contribution in [0.2, 0.25) is 0 Å². The minimum absolute atomic E-state index is 0.460. The van der Waals surface area contributed by atoms with E-state index in [0.29, 0.717) is 17.6 Å². The van der Waals surface area contributed by atoms with Crippen LogP contribution in [0.3, 0.4) is 0 Å². The number of hydrogen-bond donors (Lipinski definition) is 0. The Balaban J connectivity index is 2.08. The van der Waals surface area contributed by atoms with E-state index in [1.165, 1.54) is 6.07 Å². The van der Waals surface area contributed by atoms with E-state index in [2.05, 4.69) is 20.9 Å². The normalized spacial score (nSPS) is 11.3. The van der Waals surface area contributed by atoms with Gasteiger partial charge >= 0.3 is 0 Å². The Hall–Kier alpha value is -1.27. The van der Waals surface area contributed by atoms with Crippen LogP contribution in [0.15, 0.2) is 34.4 Å². The average Bonchev–Trinajstić information content (AvgIpc) is 2.90. The Morgan fingerprint density at radius 1 is 1.28 bits per heavy atom. The maximum atomic E-state index is 13.2. The molecule has 2 nitrogen and oxygen atoms in total. The Bertz CT molecular complexity index is 720. The second kappa shape index (κ2) is 4.44. The molecule has 0 bridgehead atoms. The van der Waals surface area contributed by atoms with Gasteiger partial charge < -0.3 is 4.57 Å². The molecule has 0 saturated carbocycles. The molecule has 18 heavy (non-hydrogen) atoms. The lowest BCUT2D eigenvalue weighted by molar-refractivity contribution is 0.510. The second-order valence-corrected chi connectivity index (χ2v) is 5.67. The summed E-state index contributed by atoms with van der Waals surface area (Å²) in [5.74, 6) is -1.72. The van der Waals surface area contributed by atoms with E-state index >= 15 is 0 Å². The van der Waals surface area contributed by atoms with Gasteiger partial charge in [-0.25, -0.2) is 13.8 Å². The highest BCUT2D eigenvalue weighted by atomic mass is 79.9. The molecule has 0 fully saturated rings. The molecule has 2 heterocycles. The fourth-order valence-electron chi connectivity index (χ4n) is 1.77. The Morgan fingerprint density at radius 2 is 2.06 bits per heavy atom. The van der Waals surface area contributed by atoms with Crippen molar-refractivity contribution in [1.29, 1.82) is 0 Å². The van der Waals surface area contributed by atoms with Crippen LogP contribution in [0.4, 0.5) is 8.78 Å². The van der Waals surface area contributed by atoms with Gasteiger partial charge in [-0.05, 0) is 27.4 Å². The molecule has 92 valence electrons. The van der Waals surface area contributed by atoms with Gasteiger partial charge in [0.2, 0.25) is 0 Å². The van der Waals surface area contributed by atoms with Crippen molar-refractivity contribution in [2.24, 2.45) is 0 Å². The Morgan fingerprint density at radius 3 is 2.78 bits per heavy atom. The highest BCUT2D eigenvalue weighted by Gasteiger charge is 2.10. The first kappa shape index (κ1) is 11.8. The fraction of sp³-hybridized carbons (Fsp3) is 0.0833. The van der Waals surface area contributed by atoms with Gasteiger partial charge in [-0.3, -0.25) is 0 Å². The van der Waals surface area contributed by atoms with Gasteiger partial charge in [-0.15, -0.1) is 11.3 Å². The van der Waals surface area contributed by atoms with Gasteiger partial charge in [-0.2, -0.15) is 0 Å². The molecule has 0 atom stereocenters. The van der Waals surface area contributed by atoms with E-state index < -0.39 is 11.6 Å². The van der Waals surface area contributed by atoms with Crippen LogP contribution in [0.5, 0.6) is 0 Å². The zero-order chi connectivity index (χ0) is 12.7. The second-order valence-electron chi connectivity index (χ2n) is 3.82. The van der Waals surface area contributed by atoms with Crippen LogP contribution in [0, 0.1) is 11.6 Å². The maximum absolute atomic E-state index is 13.2. The fourth-order valence-corrected chi connectivity index (χ4v) is 3.25. The zero-order valence-corrected chi connectivity index (χ0v) is 11.4. The standard InChI is InChI=1S/C12H7BrF2N2S/c13-7-1-2-18-12(7)5-17-6-16-10-3-8(14)9(15)4-11(10)17/h1-4,6H,5H2. The number of hydrogen-bond acceptors (Lipinski definition) is 2. The molecular formula is C12H7BrF2N2S. The predicted octanol–water partition coefficient (Wildman–Crippen LogP) is 4.19. The van der Waals surface area contributed by atoms with Crippen LogP contribution >= 0.6 is 27.3 Å². The third-order valence-corrected chi connectivity index (χ3v) is 4.58. The summed E-state index contributed by atoms with van der Waals surface area (Å²) in [5.41, 5.74) is 1.05. The first-order chi connectivity index (χ1) is 8.65. The molecule has 0 N–H and O–H groups in total. The van der Waals surface area contributed by atoms with Gasteiger partial charge in [0, 0.05) is 21.5 Å². The summed E-state index contributed by atoms with van der Waals surface area (Å²) in [6.07, 6.45) is 1.59. The molecule has 0 saturated heterocycles. The van der Waals surface area contributed by atoms with Crippen molar-refractivity contribution in [1.82, 2.24) is 9.55 Å². The van der Waals surface area contributed by atoms with E-state index in [-0.39, 0.29) is 0 Å². The molecule has 0 aliphatic rings. The molecule has 0 radical (unpaired) electrons. The molecule has 6 heteroatoms. The molecule has 2 aromatic heterocycles. The largest absolute Gasteiger partial charge is 0.325 e. The predicted molar refractivity (Wildman–Crippen MR) is 70.8 cm³/mol. The number of imidazole rings is 1. The Labute approximate surface area is 114 Å². The molecule has 0 aliphatic heterocycles. The van der Waals surface area contributed by atoms with Crippen molar-refractivity contribution in [2.45, 2.75) is 6.54 Å². The molecule has 0 amide bonds. The molecule has 0 spiro atoms. The lowest BCUT2D eigenvalue weighted by Crippen LogP contribution is -1.97. The van der Waals surface area contributed by atoms with Crippen molar-refractivity contribution >= 4 is 38.3 Å². The van der Waals surface area contributed by atoms with E-state index in [9.17, 15) is 8.78 Å². The minimum atomic E-state index is -0.870. The first-order valence-corrected chi connectivity index (χ1v) is 6.84.